The molecule has 1 aromatic carbocycles. The van der Waals surface area contributed by atoms with Gasteiger partial charge in [-0.15, -0.1) is 0 Å². The molecule has 2 amide bonds. The Labute approximate surface area is 159 Å². The van der Waals surface area contributed by atoms with E-state index in [2.05, 4.69) is 10.0 Å². The van der Waals surface area contributed by atoms with Crippen molar-refractivity contribution in [2.45, 2.75) is 37.8 Å². The van der Waals surface area contributed by atoms with Crippen LogP contribution < -0.4 is 10.0 Å². The zero-order valence-electron chi connectivity index (χ0n) is 16.0. The van der Waals surface area contributed by atoms with Crippen molar-refractivity contribution in [2.75, 3.05) is 20.6 Å². The molecule has 0 spiro atoms. The molecule has 0 saturated heterocycles. The third kappa shape index (κ3) is 6.99. The Morgan fingerprint density at radius 2 is 1.63 bits per heavy atom. The fraction of sp³-hybridized carbons (Fsp3) is 0.471. The van der Waals surface area contributed by atoms with E-state index in [0.29, 0.717) is 0 Å². The number of carbonyl (C=O) groups excluding carboxylic acids is 3. The lowest BCUT2D eigenvalue weighted by Gasteiger charge is -2.17. The second kappa shape index (κ2) is 9.47. The average Bonchev–Trinajstić information content (AvgIpc) is 2.57. The first-order valence-electron chi connectivity index (χ1n) is 8.25. The van der Waals surface area contributed by atoms with Gasteiger partial charge in [-0.2, -0.15) is 0 Å². The first-order valence-corrected chi connectivity index (χ1v) is 9.73. The van der Waals surface area contributed by atoms with Crippen molar-refractivity contribution in [2.24, 2.45) is 0 Å². The summed E-state index contributed by atoms with van der Waals surface area (Å²) in [5.74, 6) is -1.70. The van der Waals surface area contributed by atoms with Crippen molar-refractivity contribution in [1.82, 2.24) is 14.9 Å². The van der Waals surface area contributed by atoms with Crippen LogP contribution in [-0.4, -0.2) is 63.9 Å². The van der Waals surface area contributed by atoms with Gasteiger partial charge in [-0.25, -0.2) is 13.1 Å². The second-order valence-electron chi connectivity index (χ2n) is 6.35. The zero-order chi connectivity index (χ0) is 20.8. The van der Waals surface area contributed by atoms with E-state index >= 15 is 0 Å². The average molecular weight is 399 g/mol. The van der Waals surface area contributed by atoms with E-state index in [1.165, 1.54) is 50.2 Å². The molecule has 0 radical (unpaired) electrons. The minimum atomic E-state index is -3.65. The molecule has 2 N–H and O–H groups in total. The van der Waals surface area contributed by atoms with Gasteiger partial charge in [-0.05, 0) is 45.0 Å². The number of nitrogens with zero attached hydrogens (tertiary/aromatic N) is 1. The largest absolute Gasteiger partial charge is 0.451 e. The molecule has 1 atom stereocenters. The molecule has 10 heteroatoms. The number of likely N-dealkylation sites (N-methyl/N-ethyl adjacent to an activating group) is 1. The fourth-order valence-electron chi connectivity index (χ4n) is 2.07. The SMILES string of the molecule is CC(C)NS(=O)(=O)c1ccc(C(=O)NCC(=O)O[C@@H](C)C(=O)N(C)C)cc1. The summed E-state index contributed by atoms with van der Waals surface area (Å²) in [5, 5.41) is 2.36. The van der Waals surface area contributed by atoms with Crippen LogP contribution in [0, 0.1) is 0 Å². The molecule has 150 valence electrons. The lowest BCUT2D eigenvalue weighted by molar-refractivity contribution is -0.157. The van der Waals surface area contributed by atoms with E-state index in [9.17, 15) is 22.8 Å². The van der Waals surface area contributed by atoms with Crippen molar-refractivity contribution >= 4 is 27.8 Å². The third-order valence-corrected chi connectivity index (χ3v) is 4.98. The molecule has 0 aliphatic heterocycles. The quantitative estimate of drug-likeness (QED) is 0.599. The molecule has 0 aliphatic carbocycles. The van der Waals surface area contributed by atoms with Crippen molar-refractivity contribution in [3.63, 3.8) is 0 Å². The molecule has 0 saturated carbocycles. The van der Waals surface area contributed by atoms with Crippen LogP contribution in [0.5, 0.6) is 0 Å². The number of benzene rings is 1. The Morgan fingerprint density at radius 1 is 1.07 bits per heavy atom. The number of amides is 2. The van der Waals surface area contributed by atoms with E-state index < -0.39 is 34.5 Å². The highest BCUT2D eigenvalue weighted by atomic mass is 32.2. The molecule has 0 heterocycles. The number of carbonyl (C=O) groups is 3. The predicted octanol–water partition coefficient (Wildman–Crippen LogP) is 0.123. The minimum Gasteiger partial charge on any atom is -0.451 e. The smallest absolute Gasteiger partial charge is 0.326 e. The van der Waals surface area contributed by atoms with Gasteiger partial charge in [-0.3, -0.25) is 14.4 Å². The molecule has 9 nitrogen and oxygen atoms in total. The number of esters is 1. The molecule has 0 fully saturated rings. The maximum absolute atomic E-state index is 12.1. The van der Waals surface area contributed by atoms with Crippen LogP contribution in [0.2, 0.25) is 0 Å². The Bertz CT molecular complexity index is 787. The van der Waals surface area contributed by atoms with Crippen molar-refractivity contribution in [3.8, 4) is 0 Å². The summed E-state index contributed by atoms with van der Waals surface area (Å²) in [6, 6.07) is 5.03. The number of nitrogens with one attached hydrogen (secondary N) is 2. The summed E-state index contributed by atoms with van der Waals surface area (Å²) in [6.07, 6.45) is -0.956. The van der Waals surface area contributed by atoms with Gasteiger partial charge in [0.05, 0.1) is 4.90 Å². The molecule has 0 bridgehead atoms. The molecule has 1 rings (SSSR count). The number of sulfonamides is 1. The number of hydrogen-bond acceptors (Lipinski definition) is 6. The Kier molecular flexibility index (Phi) is 7.92. The van der Waals surface area contributed by atoms with E-state index in [1.807, 2.05) is 0 Å². The number of rotatable bonds is 8. The fourth-order valence-corrected chi connectivity index (χ4v) is 3.32. The molecule has 27 heavy (non-hydrogen) atoms. The van der Waals surface area contributed by atoms with Gasteiger partial charge in [0.2, 0.25) is 10.0 Å². The maximum Gasteiger partial charge on any atom is 0.326 e. The van der Waals surface area contributed by atoms with Crippen LogP contribution in [0.3, 0.4) is 0 Å². The van der Waals surface area contributed by atoms with Crippen LogP contribution in [0.25, 0.3) is 0 Å². The second-order valence-corrected chi connectivity index (χ2v) is 8.06. The molecule has 0 aliphatic rings. The third-order valence-electron chi connectivity index (χ3n) is 3.31. The Balaban J connectivity index is 2.63. The van der Waals surface area contributed by atoms with Crippen molar-refractivity contribution in [3.05, 3.63) is 29.8 Å². The highest BCUT2D eigenvalue weighted by Crippen LogP contribution is 2.11. The summed E-state index contributed by atoms with van der Waals surface area (Å²) in [5.41, 5.74) is 0.184. The topological polar surface area (TPSA) is 122 Å². The van der Waals surface area contributed by atoms with Gasteiger partial charge < -0.3 is 15.0 Å². The predicted molar refractivity (Wildman–Crippen MR) is 98.5 cm³/mol. The minimum absolute atomic E-state index is 0.0307. The Morgan fingerprint density at radius 3 is 2.11 bits per heavy atom. The highest BCUT2D eigenvalue weighted by Gasteiger charge is 2.20. The van der Waals surface area contributed by atoms with Crippen LogP contribution in [-0.2, 0) is 24.3 Å². The van der Waals surface area contributed by atoms with Gasteiger partial charge in [0, 0.05) is 25.7 Å². The van der Waals surface area contributed by atoms with Crippen LogP contribution >= 0.6 is 0 Å². The summed E-state index contributed by atoms with van der Waals surface area (Å²) in [4.78, 5) is 36.7. The summed E-state index contributed by atoms with van der Waals surface area (Å²) < 4.78 is 31.4. The first-order chi connectivity index (χ1) is 12.4. The molecule has 0 aromatic heterocycles. The number of hydrogen-bond donors (Lipinski definition) is 2. The summed E-state index contributed by atoms with van der Waals surface area (Å²) in [7, 11) is -0.575. The van der Waals surface area contributed by atoms with Crippen LogP contribution in [0.4, 0.5) is 0 Å². The van der Waals surface area contributed by atoms with E-state index in [1.54, 1.807) is 13.8 Å². The summed E-state index contributed by atoms with van der Waals surface area (Å²) in [6.45, 7) is 4.42. The first kappa shape index (κ1) is 22.6. The highest BCUT2D eigenvalue weighted by molar-refractivity contribution is 7.89. The van der Waals surface area contributed by atoms with Gasteiger partial charge in [-0.1, -0.05) is 0 Å². The normalized spacial score (nSPS) is 12.4. The van der Waals surface area contributed by atoms with Gasteiger partial charge in [0.15, 0.2) is 6.10 Å². The monoisotopic (exact) mass is 399 g/mol. The van der Waals surface area contributed by atoms with Gasteiger partial charge in [0.1, 0.15) is 6.54 Å². The lowest BCUT2D eigenvalue weighted by atomic mass is 10.2. The molecular weight excluding hydrogens is 374 g/mol. The molecule has 0 unspecified atom stereocenters. The molecular formula is C17H25N3O6S. The lowest BCUT2D eigenvalue weighted by Crippen LogP contribution is -2.38. The van der Waals surface area contributed by atoms with E-state index in [4.69, 9.17) is 4.74 Å². The molecule has 1 aromatic rings. The number of ether oxygens (including phenoxy) is 1. The maximum atomic E-state index is 12.1. The van der Waals surface area contributed by atoms with Crippen LogP contribution in [0.15, 0.2) is 29.2 Å². The summed E-state index contributed by atoms with van der Waals surface area (Å²) >= 11 is 0. The zero-order valence-corrected chi connectivity index (χ0v) is 16.8. The van der Waals surface area contributed by atoms with Crippen LogP contribution in [0.1, 0.15) is 31.1 Å². The van der Waals surface area contributed by atoms with Gasteiger partial charge in [0.25, 0.3) is 11.8 Å². The van der Waals surface area contributed by atoms with E-state index in [0.717, 1.165) is 0 Å². The standard InChI is InChI=1S/C17H25N3O6S/c1-11(2)19-27(24,25)14-8-6-13(7-9-14)16(22)18-10-15(21)26-12(3)17(23)20(4)5/h6-9,11-12,19H,10H2,1-5H3,(H,18,22)/t12-/m0/s1. The van der Waals surface area contributed by atoms with Gasteiger partial charge >= 0.3 is 5.97 Å². The van der Waals surface area contributed by atoms with Crippen molar-refractivity contribution < 1.29 is 27.5 Å². The Hall–Kier alpha value is -2.46. The van der Waals surface area contributed by atoms with E-state index in [-0.39, 0.29) is 22.4 Å². The van der Waals surface area contributed by atoms with Crippen molar-refractivity contribution in [1.29, 1.82) is 0 Å².